The van der Waals surface area contributed by atoms with Crippen LogP contribution in [0.15, 0.2) is 83.7 Å². The summed E-state index contributed by atoms with van der Waals surface area (Å²) in [6.45, 7) is 24.8. The summed E-state index contributed by atoms with van der Waals surface area (Å²) in [7, 11) is 0. The normalized spacial score (nSPS) is 17.4. The molecule has 56 heavy (non-hydrogen) atoms. The molecule has 4 aromatic carbocycles. The minimum atomic E-state index is 0. The molecule has 0 unspecified atom stereocenters. The van der Waals surface area contributed by atoms with Crippen LogP contribution in [0.25, 0.3) is 53.0 Å². The molecular weight excluding hydrogens is 881 g/mol. The number of pyridine rings is 1. The van der Waals surface area contributed by atoms with E-state index in [2.05, 4.69) is 129 Å². The van der Waals surface area contributed by atoms with Crippen LogP contribution >= 0.6 is 11.3 Å². The van der Waals surface area contributed by atoms with Crippen LogP contribution in [0.5, 0.6) is 0 Å². The van der Waals surface area contributed by atoms with Gasteiger partial charge in [0, 0.05) is 63.8 Å². The Hall–Kier alpha value is -3.37. The number of rotatable bonds is 5. The first kappa shape index (κ1) is 42.2. The summed E-state index contributed by atoms with van der Waals surface area (Å²) in [4.78, 5) is 9.74. The van der Waals surface area contributed by atoms with E-state index in [1.165, 1.54) is 86.0 Å². The van der Waals surface area contributed by atoms with Crippen molar-refractivity contribution in [1.82, 2.24) is 4.98 Å². The first-order chi connectivity index (χ1) is 25.9. The number of nitrogens with zero attached hydrogens (tertiary/aromatic N) is 2. The second kappa shape index (κ2) is 16.1. The molecule has 0 aliphatic heterocycles. The van der Waals surface area contributed by atoms with Crippen molar-refractivity contribution >= 4 is 58.8 Å². The molecule has 2 aliphatic carbocycles. The number of aliphatic hydroxyl groups is 1. The van der Waals surface area contributed by atoms with E-state index in [4.69, 9.17) is 9.98 Å². The first-order valence-electron chi connectivity index (χ1n) is 20.7. The molecule has 2 heterocycles. The molecule has 297 valence electrons. The quantitative estimate of drug-likeness (QED) is 0.106. The van der Waals surface area contributed by atoms with Crippen LogP contribution in [0.1, 0.15) is 131 Å². The van der Waals surface area contributed by atoms with Gasteiger partial charge in [-0.2, -0.15) is 0 Å². The van der Waals surface area contributed by atoms with E-state index in [1.54, 1.807) is 5.56 Å². The zero-order valence-corrected chi connectivity index (χ0v) is 38.7. The van der Waals surface area contributed by atoms with Crippen LogP contribution in [0.2, 0.25) is 0 Å². The van der Waals surface area contributed by atoms with Crippen molar-refractivity contribution in [2.45, 2.75) is 137 Å². The van der Waals surface area contributed by atoms with Gasteiger partial charge in [-0.1, -0.05) is 136 Å². The van der Waals surface area contributed by atoms with Crippen LogP contribution in [0.3, 0.4) is 0 Å². The predicted octanol–water partition coefficient (Wildman–Crippen LogP) is 15.0. The van der Waals surface area contributed by atoms with E-state index in [-0.39, 0.29) is 42.3 Å². The van der Waals surface area contributed by atoms with Crippen molar-refractivity contribution in [2.75, 3.05) is 0 Å². The number of hydrogen-bond donors (Lipinski definition) is 1. The van der Waals surface area contributed by atoms with Crippen LogP contribution in [0.4, 0.5) is 0 Å². The number of aliphatic hydroxyl groups excluding tert-OH is 1. The van der Waals surface area contributed by atoms with Crippen molar-refractivity contribution in [2.24, 2.45) is 16.8 Å². The maximum absolute atomic E-state index is 9.80. The van der Waals surface area contributed by atoms with Gasteiger partial charge in [-0.15, -0.1) is 40.5 Å². The minimum Gasteiger partial charge on any atom is -0.512 e. The fourth-order valence-electron chi connectivity index (χ4n) is 8.73. The topological polar surface area (TPSA) is 45.5 Å². The van der Waals surface area contributed by atoms with Gasteiger partial charge < -0.3 is 5.11 Å². The third kappa shape index (κ3) is 8.29. The Kier molecular flexibility index (Phi) is 12.2. The third-order valence-corrected chi connectivity index (χ3v) is 13.5. The third-order valence-electron chi connectivity index (χ3n) is 12.3. The standard InChI is InChI=1S/C37H36NS.C14H25NO.Ir/c1-35(2,3)30-19-24(18-22-10-8-9-11-25(22)30)33-27-21-28-26-12-13-29-32(37(6,7)16-15-36(29,4)5)34(26)39-31(28)20-23(27)14-17-38-33;1-10(2)13(9-14(16)11(3)4)15-12-7-5-6-8-12;/h8-14,17,19-21H,15-16H2,1-7H3;9-12,16H,5-8H2,1-4H3;/q-1;;/b;14-9-,15-13?;. The van der Waals surface area contributed by atoms with E-state index in [0.29, 0.717) is 17.7 Å². The van der Waals surface area contributed by atoms with E-state index < -0.39 is 0 Å². The fraction of sp³-hybridized carbons (Fsp3) is 0.451. The summed E-state index contributed by atoms with van der Waals surface area (Å²) < 4.78 is 2.83. The summed E-state index contributed by atoms with van der Waals surface area (Å²) in [6.07, 6.45) is 11.3. The number of benzene rings is 4. The van der Waals surface area contributed by atoms with Gasteiger partial charge in [0.05, 0.1) is 11.8 Å². The Labute approximate surface area is 353 Å². The molecular formula is C51H61IrN2OS-. The van der Waals surface area contributed by atoms with Gasteiger partial charge in [-0.3, -0.25) is 9.98 Å². The molecule has 0 spiro atoms. The fourth-order valence-corrected chi connectivity index (χ4v) is 10.2. The molecule has 0 bridgehead atoms. The van der Waals surface area contributed by atoms with Crippen LogP contribution < -0.4 is 0 Å². The smallest absolute Gasteiger partial charge is 0.0965 e. The summed E-state index contributed by atoms with van der Waals surface area (Å²) in [6, 6.07) is 26.9. The molecule has 1 saturated carbocycles. The summed E-state index contributed by atoms with van der Waals surface area (Å²) in [5.41, 5.74) is 8.00. The van der Waals surface area contributed by atoms with Crippen LogP contribution in [-0.4, -0.2) is 21.8 Å². The summed E-state index contributed by atoms with van der Waals surface area (Å²) in [5.74, 6) is 1.03. The van der Waals surface area contributed by atoms with E-state index >= 15 is 0 Å². The second-order valence-electron chi connectivity index (χ2n) is 19.2. The molecule has 1 fully saturated rings. The molecule has 0 amide bonds. The number of allylic oxidation sites excluding steroid dienone is 2. The van der Waals surface area contributed by atoms with Gasteiger partial charge in [0.2, 0.25) is 0 Å². The van der Waals surface area contributed by atoms with Crippen molar-refractivity contribution in [3.05, 3.63) is 101 Å². The van der Waals surface area contributed by atoms with Crippen molar-refractivity contribution in [1.29, 1.82) is 0 Å². The van der Waals surface area contributed by atoms with Gasteiger partial charge in [0.15, 0.2) is 0 Å². The Bertz CT molecular complexity index is 2450. The van der Waals surface area contributed by atoms with E-state index in [9.17, 15) is 5.11 Å². The van der Waals surface area contributed by atoms with Crippen molar-refractivity contribution < 1.29 is 25.2 Å². The van der Waals surface area contributed by atoms with Gasteiger partial charge in [-0.05, 0) is 88.0 Å². The average Bonchev–Trinajstić information content (AvgIpc) is 3.78. The van der Waals surface area contributed by atoms with Gasteiger partial charge in [-0.25, -0.2) is 0 Å². The first-order valence-corrected chi connectivity index (χ1v) is 21.5. The molecule has 1 N–H and O–H groups in total. The molecule has 5 heteroatoms. The SMILES string of the molecule is CC(C)(C)c1cc(-c2nccc3cc4sc5c6c(ccc5c4cc23)C(C)(C)CCC6(C)C)[c-]c2ccccc12.CC(C)C(/C=C(\O)C(C)C)=NC1CCCC1.[Ir]. The Morgan fingerprint density at radius 1 is 0.857 bits per heavy atom. The molecule has 0 atom stereocenters. The number of thiophene rings is 1. The Balaban J connectivity index is 0.000000266. The number of hydrogen-bond acceptors (Lipinski definition) is 4. The maximum atomic E-state index is 9.80. The zero-order valence-electron chi connectivity index (χ0n) is 35.5. The molecule has 0 saturated heterocycles. The Morgan fingerprint density at radius 2 is 1.55 bits per heavy atom. The average molecular weight is 942 g/mol. The molecule has 6 aromatic rings. The van der Waals surface area contributed by atoms with Crippen molar-refractivity contribution in [3.8, 4) is 11.3 Å². The molecule has 2 aromatic heterocycles. The number of fused-ring (bicyclic) bond motifs is 7. The molecule has 1 radical (unpaired) electrons. The minimum absolute atomic E-state index is 0. The van der Waals surface area contributed by atoms with Gasteiger partial charge in [0.1, 0.15) is 0 Å². The molecule has 8 rings (SSSR count). The Morgan fingerprint density at radius 3 is 2.23 bits per heavy atom. The molecule has 2 aliphatic rings. The van der Waals surface area contributed by atoms with Gasteiger partial charge >= 0.3 is 0 Å². The summed E-state index contributed by atoms with van der Waals surface area (Å²) in [5, 5.41) is 17.4. The monoisotopic (exact) mass is 942 g/mol. The predicted molar refractivity (Wildman–Crippen MR) is 240 cm³/mol. The van der Waals surface area contributed by atoms with Gasteiger partial charge in [0.25, 0.3) is 0 Å². The van der Waals surface area contributed by atoms with E-state index in [0.717, 1.165) is 22.4 Å². The van der Waals surface area contributed by atoms with E-state index in [1.807, 2.05) is 37.5 Å². The molecule has 3 nitrogen and oxygen atoms in total. The second-order valence-corrected chi connectivity index (χ2v) is 20.3. The maximum Gasteiger partial charge on any atom is 0.0965 e. The zero-order chi connectivity index (χ0) is 39.4. The summed E-state index contributed by atoms with van der Waals surface area (Å²) >= 11 is 1.98. The largest absolute Gasteiger partial charge is 0.512 e. The van der Waals surface area contributed by atoms with Crippen LogP contribution in [0, 0.1) is 17.9 Å². The number of aromatic nitrogens is 1. The van der Waals surface area contributed by atoms with Crippen LogP contribution in [-0.2, 0) is 36.4 Å². The van der Waals surface area contributed by atoms with Crippen molar-refractivity contribution in [3.63, 3.8) is 0 Å². The number of aliphatic imine (C=N–C) groups is 1.